The third kappa shape index (κ3) is 6.47. The number of halogens is 2. The number of amides is 1. The number of hydrogen-bond acceptors (Lipinski definition) is 5. The molecule has 1 fully saturated rings. The molecule has 1 amide bonds. The number of pyridine rings is 1. The number of likely N-dealkylation sites (tertiary alicyclic amines) is 1. The first kappa shape index (κ1) is 27.7. The lowest BCUT2D eigenvalue weighted by atomic mass is 9.96. The molecule has 5 rings (SSSR count). The molecular formula is C31H31F2N3O3S. The minimum atomic E-state index is -2.61. The molecule has 2 aromatic carbocycles. The Morgan fingerprint density at radius 2 is 1.70 bits per heavy atom. The van der Waals surface area contributed by atoms with E-state index in [0.717, 1.165) is 33.2 Å². The largest absolute Gasteiger partial charge is 0.459 e. The second kappa shape index (κ2) is 11.0. The number of furan rings is 1. The lowest BCUT2D eigenvalue weighted by Gasteiger charge is -2.33. The maximum atomic E-state index is 13.6. The number of benzene rings is 2. The third-order valence-electron chi connectivity index (χ3n) is 6.71. The van der Waals surface area contributed by atoms with Gasteiger partial charge in [-0.15, -0.1) is 0 Å². The van der Waals surface area contributed by atoms with Gasteiger partial charge in [0.2, 0.25) is 0 Å². The molecule has 0 unspecified atom stereocenters. The number of alkyl carbamates (subject to hydrolysis) is 1. The number of fused-ring (bicyclic) bond motifs is 1. The zero-order chi connectivity index (χ0) is 28.5. The van der Waals surface area contributed by atoms with Crippen LogP contribution in [0.15, 0.2) is 71.4 Å². The highest BCUT2D eigenvalue weighted by atomic mass is 32.1. The average molecular weight is 564 g/mol. The topological polar surface area (TPSA) is 67.6 Å². The van der Waals surface area contributed by atoms with Crippen molar-refractivity contribution in [2.75, 3.05) is 13.1 Å². The molecule has 0 radical (unpaired) electrons. The molecule has 9 heteroatoms. The van der Waals surface area contributed by atoms with Gasteiger partial charge in [0.25, 0.3) is 5.92 Å². The molecule has 0 atom stereocenters. The normalized spacial score (nSPS) is 15.2. The van der Waals surface area contributed by atoms with Crippen LogP contribution in [0, 0.1) is 0 Å². The molecule has 2 aromatic heterocycles. The summed E-state index contributed by atoms with van der Waals surface area (Å²) in [6.07, 6.45) is 2.59. The smallest absolute Gasteiger partial charge is 0.408 e. The van der Waals surface area contributed by atoms with Gasteiger partial charge in [-0.3, -0.25) is 4.98 Å². The first-order valence-corrected chi connectivity index (χ1v) is 13.6. The van der Waals surface area contributed by atoms with Gasteiger partial charge in [0.05, 0.1) is 6.54 Å². The SMILES string of the molecule is CC(C)(C)OC(=O)NCc1cc2cc(-c3ccc(C(=S)N4CCC(F)(F)CC4)cc3)cc(-c3ccncc3)c2o1. The summed E-state index contributed by atoms with van der Waals surface area (Å²) in [5.41, 5.74) is 4.73. The summed E-state index contributed by atoms with van der Waals surface area (Å²) >= 11 is 5.62. The van der Waals surface area contributed by atoms with Crippen LogP contribution in [-0.2, 0) is 11.3 Å². The van der Waals surface area contributed by atoms with E-state index in [2.05, 4.69) is 16.4 Å². The summed E-state index contributed by atoms with van der Waals surface area (Å²) in [5.74, 6) is -2.01. The van der Waals surface area contributed by atoms with E-state index in [1.54, 1.807) is 12.4 Å². The van der Waals surface area contributed by atoms with Crippen LogP contribution < -0.4 is 5.32 Å². The maximum Gasteiger partial charge on any atom is 0.408 e. The lowest BCUT2D eigenvalue weighted by molar-refractivity contribution is -0.0430. The predicted octanol–water partition coefficient (Wildman–Crippen LogP) is 7.59. The van der Waals surface area contributed by atoms with Gasteiger partial charge in [0, 0.05) is 54.8 Å². The molecule has 1 aliphatic rings. The monoisotopic (exact) mass is 563 g/mol. The van der Waals surface area contributed by atoms with E-state index in [0.29, 0.717) is 16.3 Å². The van der Waals surface area contributed by atoms with Gasteiger partial charge in [0.1, 0.15) is 21.9 Å². The van der Waals surface area contributed by atoms with Crippen molar-refractivity contribution in [3.05, 3.63) is 78.3 Å². The summed E-state index contributed by atoms with van der Waals surface area (Å²) in [5, 5.41) is 3.64. The van der Waals surface area contributed by atoms with Gasteiger partial charge < -0.3 is 19.4 Å². The van der Waals surface area contributed by atoms with Gasteiger partial charge >= 0.3 is 6.09 Å². The number of carbonyl (C=O) groups is 1. The Balaban J connectivity index is 1.42. The van der Waals surface area contributed by atoms with Crippen LogP contribution in [0.2, 0.25) is 0 Å². The standard InChI is InChI=1S/C31H31F2N3O3S/c1-30(2,3)39-29(37)35-19-25-17-24-16-23(18-26(27(24)38-25)21-8-12-34-13-9-21)20-4-6-22(7-5-20)28(40)36-14-10-31(32,33)11-15-36/h4-9,12-13,16-18H,10-11,14-15,19H2,1-3H3,(H,35,37). The molecule has 0 aliphatic carbocycles. The fraction of sp³-hybridized carbons (Fsp3) is 0.323. The van der Waals surface area contributed by atoms with Crippen molar-refractivity contribution in [3.8, 4) is 22.3 Å². The van der Waals surface area contributed by atoms with E-state index in [1.807, 2.05) is 74.2 Å². The number of thiocarbonyl (C=S) groups is 1. The van der Waals surface area contributed by atoms with Gasteiger partial charge in [-0.05, 0) is 67.8 Å². The first-order chi connectivity index (χ1) is 19.0. The highest BCUT2D eigenvalue weighted by molar-refractivity contribution is 7.80. The van der Waals surface area contributed by atoms with Crippen molar-refractivity contribution < 1.29 is 22.7 Å². The zero-order valence-electron chi connectivity index (χ0n) is 22.7. The van der Waals surface area contributed by atoms with Gasteiger partial charge in [-0.25, -0.2) is 13.6 Å². The molecule has 4 aromatic rings. The number of piperidine rings is 1. The Hall–Kier alpha value is -3.85. The van der Waals surface area contributed by atoms with E-state index in [-0.39, 0.29) is 32.5 Å². The number of nitrogens with zero attached hydrogens (tertiary/aromatic N) is 2. The molecule has 0 bridgehead atoms. The van der Waals surface area contributed by atoms with E-state index in [9.17, 15) is 13.6 Å². The molecule has 0 spiro atoms. The van der Waals surface area contributed by atoms with Crippen LogP contribution in [-0.4, -0.2) is 45.6 Å². The Bertz CT molecular complexity index is 1520. The lowest BCUT2D eigenvalue weighted by Crippen LogP contribution is -2.42. The summed E-state index contributed by atoms with van der Waals surface area (Å²) in [6.45, 7) is 6.13. The second-order valence-corrected chi connectivity index (χ2v) is 11.4. The summed E-state index contributed by atoms with van der Waals surface area (Å²) in [4.78, 5) is 18.7. The molecule has 1 N–H and O–H groups in total. The van der Waals surface area contributed by atoms with Crippen LogP contribution >= 0.6 is 12.2 Å². The second-order valence-electron chi connectivity index (χ2n) is 11.0. The molecular weight excluding hydrogens is 532 g/mol. The Kier molecular flexibility index (Phi) is 7.59. The van der Waals surface area contributed by atoms with Crippen molar-refractivity contribution in [2.24, 2.45) is 0 Å². The van der Waals surface area contributed by atoms with Crippen molar-refractivity contribution >= 4 is 34.3 Å². The van der Waals surface area contributed by atoms with Crippen molar-refractivity contribution in [3.63, 3.8) is 0 Å². The van der Waals surface area contributed by atoms with Crippen LogP contribution in [0.4, 0.5) is 13.6 Å². The van der Waals surface area contributed by atoms with Crippen LogP contribution in [0.25, 0.3) is 33.2 Å². The molecule has 1 saturated heterocycles. The number of hydrogen-bond donors (Lipinski definition) is 1. The number of ether oxygens (including phenoxy) is 1. The summed E-state index contributed by atoms with van der Waals surface area (Å²) < 4.78 is 38.7. The minimum Gasteiger partial charge on any atom is -0.459 e. The highest BCUT2D eigenvalue weighted by Crippen LogP contribution is 2.36. The maximum absolute atomic E-state index is 13.6. The quantitative estimate of drug-likeness (QED) is 0.252. The molecule has 6 nitrogen and oxygen atoms in total. The van der Waals surface area contributed by atoms with Crippen LogP contribution in [0.3, 0.4) is 0 Å². The summed E-state index contributed by atoms with van der Waals surface area (Å²) in [6, 6.07) is 17.7. The molecule has 0 saturated carbocycles. The Morgan fingerprint density at radius 1 is 1.02 bits per heavy atom. The van der Waals surface area contributed by atoms with Gasteiger partial charge in [-0.2, -0.15) is 0 Å². The van der Waals surface area contributed by atoms with Crippen molar-refractivity contribution in [2.45, 2.75) is 51.7 Å². The number of alkyl halides is 2. The fourth-order valence-electron chi connectivity index (χ4n) is 4.70. The van der Waals surface area contributed by atoms with E-state index in [4.69, 9.17) is 21.4 Å². The van der Waals surface area contributed by atoms with E-state index >= 15 is 0 Å². The Morgan fingerprint density at radius 3 is 2.35 bits per heavy atom. The van der Waals surface area contributed by atoms with E-state index in [1.165, 1.54) is 0 Å². The molecule has 3 heterocycles. The highest BCUT2D eigenvalue weighted by Gasteiger charge is 2.34. The number of rotatable bonds is 5. The Labute approximate surface area is 237 Å². The van der Waals surface area contributed by atoms with Crippen molar-refractivity contribution in [1.82, 2.24) is 15.2 Å². The zero-order valence-corrected chi connectivity index (χ0v) is 23.5. The summed E-state index contributed by atoms with van der Waals surface area (Å²) in [7, 11) is 0. The number of aromatic nitrogens is 1. The van der Waals surface area contributed by atoms with Crippen molar-refractivity contribution in [1.29, 1.82) is 0 Å². The molecule has 208 valence electrons. The molecule has 40 heavy (non-hydrogen) atoms. The minimum absolute atomic E-state index is 0.178. The first-order valence-electron chi connectivity index (χ1n) is 13.2. The average Bonchev–Trinajstić information content (AvgIpc) is 3.34. The number of nitrogens with one attached hydrogen (secondary N) is 1. The van der Waals surface area contributed by atoms with Gasteiger partial charge in [-0.1, -0.05) is 36.5 Å². The predicted molar refractivity (Wildman–Crippen MR) is 155 cm³/mol. The van der Waals surface area contributed by atoms with Crippen LogP contribution in [0.1, 0.15) is 44.9 Å². The van der Waals surface area contributed by atoms with Crippen LogP contribution in [0.5, 0.6) is 0 Å². The van der Waals surface area contributed by atoms with E-state index < -0.39 is 17.6 Å². The fourth-order valence-corrected chi connectivity index (χ4v) is 5.02. The third-order valence-corrected chi connectivity index (χ3v) is 7.21. The van der Waals surface area contributed by atoms with Gasteiger partial charge in [0.15, 0.2) is 0 Å². The number of carbonyl (C=O) groups excluding carboxylic acids is 1. The molecule has 1 aliphatic heterocycles.